The molecular formula is C43H69NO11. The maximum Gasteiger partial charge on any atom is 0.324 e. The van der Waals surface area contributed by atoms with Gasteiger partial charge in [-0.05, 0) is 95.5 Å². The molecule has 312 valence electrons. The fourth-order valence-corrected chi connectivity index (χ4v) is 9.42. The zero-order valence-corrected chi connectivity index (χ0v) is 34.2. The highest BCUT2D eigenvalue weighted by atomic mass is 16.7. The first kappa shape index (κ1) is 45.4. The highest BCUT2D eigenvalue weighted by Gasteiger charge is 2.56. The molecule has 3 aliphatic heterocycles. The molecule has 2 unspecified atom stereocenters. The molecule has 1 saturated carbocycles. The van der Waals surface area contributed by atoms with Gasteiger partial charge in [0, 0.05) is 44.9 Å². The van der Waals surface area contributed by atoms with Crippen LogP contribution in [-0.2, 0) is 33.3 Å². The number of fused-ring (bicyclic) bond motifs is 3. The van der Waals surface area contributed by atoms with Gasteiger partial charge in [-0.25, -0.2) is 0 Å². The lowest BCUT2D eigenvalue weighted by Crippen LogP contribution is -2.65. The molecule has 12 heteroatoms. The first-order valence-corrected chi connectivity index (χ1v) is 20.5. The van der Waals surface area contributed by atoms with Crippen LogP contribution in [0.25, 0.3) is 0 Å². The number of aliphatic hydroxyl groups excluding tert-OH is 3. The summed E-state index contributed by atoms with van der Waals surface area (Å²) in [7, 11) is 3.05. The van der Waals surface area contributed by atoms with E-state index < -0.39 is 72.4 Å². The normalized spacial score (nSPS) is 43.3. The SMILES string of the molecule is C=CC[C@@H]1/C=C(\C)C[C@@H](C)C[C@H](O)[C@H]2O[C@@](O)(C(=O)C(O)N3CCCC[C@H]3C(=O)OC([C@H]3CC[C@H](O)[C@@H](OC)C3)/C(C)=C/[C@H](C)CCC1=O)[C@H](C)C[C@@H]2OC. The third kappa shape index (κ3) is 11.2. The zero-order valence-electron chi connectivity index (χ0n) is 34.2. The number of ketones is 2. The number of carbonyl (C=O) groups excluding carboxylic acids is 3. The van der Waals surface area contributed by atoms with Crippen molar-refractivity contribution in [2.75, 3.05) is 20.8 Å². The number of carbonyl (C=O) groups is 3. The van der Waals surface area contributed by atoms with Crippen LogP contribution in [0.5, 0.6) is 0 Å². The van der Waals surface area contributed by atoms with Crippen LogP contribution in [-0.4, -0.2) is 118 Å². The van der Waals surface area contributed by atoms with Crippen molar-refractivity contribution < 1.29 is 53.8 Å². The molecule has 55 heavy (non-hydrogen) atoms. The van der Waals surface area contributed by atoms with E-state index in [1.54, 1.807) is 20.1 Å². The van der Waals surface area contributed by atoms with Gasteiger partial charge in [-0.1, -0.05) is 51.0 Å². The number of ether oxygens (including phenoxy) is 4. The fourth-order valence-electron chi connectivity index (χ4n) is 9.42. The summed E-state index contributed by atoms with van der Waals surface area (Å²) in [6.45, 7) is 13.7. The second kappa shape index (κ2) is 20.4. The second-order valence-corrected chi connectivity index (χ2v) is 17.1. The van der Waals surface area contributed by atoms with Crippen LogP contribution < -0.4 is 0 Å². The quantitative estimate of drug-likeness (QED) is 0.222. The largest absolute Gasteiger partial charge is 0.456 e. The highest BCUT2D eigenvalue weighted by Crippen LogP contribution is 2.39. The second-order valence-electron chi connectivity index (χ2n) is 17.1. The van der Waals surface area contributed by atoms with Gasteiger partial charge in [-0.3, -0.25) is 19.3 Å². The predicted molar refractivity (Wildman–Crippen MR) is 207 cm³/mol. The van der Waals surface area contributed by atoms with Crippen molar-refractivity contribution in [1.82, 2.24) is 4.90 Å². The Hall–Kier alpha value is -2.29. The Bertz CT molecular complexity index is 1380. The molecule has 14 atom stereocenters. The number of hydrogen-bond donors (Lipinski definition) is 4. The zero-order chi connectivity index (χ0) is 40.6. The van der Waals surface area contributed by atoms with Gasteiger partial charge in [0.25, 0.3) is 0 Å². The number of rotatable bonds is 5. The van der Waals surface area contributed by atoms with Gasteiger partial charge >= 0.3 is 5.97 Å². The summed E-state index contributed by atoms with van der Waals surface area (Å²) in [5.74, 6) is -5.31. The molecule has 0 aromatic carbocycles. The molecule has 2 bridgehead atoms. The molecule has 0 aromatic heterocycles. The number of aliphatic hydroxyl groups is 4. The minimum atomic E-state index is -2.46. The smallest absolute Gasteiger partial charge is 0.324 e. The number of methoxy groups -OCH3 is 2. The summed E-state index contributed by atoms with van der Waals surface area (Å²) in [5, 5.41) is 45.8. The minimum Gasteiger partial charge on any atom is -0.456 e. The van der Waals surface area contributed by atoms with Crippen LogP contribution in [0.4, 0.5) is 0 Å². The van der Waals surface area contributed by atoms with E-state index in [1.807, 2.05) is 33.8 Å². The summed E-state index contributed by atoms with van der Waals surface area (Å²) < 4.78 is 23.8. The average molecular weight is 776 g/mol. The Balaban J connectivity index is 1.74. The van der Waals surface area contributed by atoms with Crippen molar-refractivity contribution in [3.63, 3.8) is 0 Å². The number of nitrogens with zero attached hydrogens (tertiary/aromatic N) is 1. The maximum atomic E-state index is 14.3. The Morgan fingerprint density at radius 1 is 0.927 bits per heavy atom. The molecule has 3 heterocycles. The number of allylic oxidation sites excluding steroid dienone is 4. The van der Waals surface area contributed by atoms with Gasteiger partial charge in [0.2, 0.25) is 11.6 Å². The lowest BCUT2D eigenvalue weighted by Gasteiger charge is -2.47. The number of piperidine rings is 1. The number of Topliss-reactive ketones (excluding diaryl/α,β-unsaturated/α-hetero) is 2. The average Bonchev–Trinajstić information content (AvgIpc) is 3.15. The van der Waals surface area contributed by atoms with E-state index in [0.29, 0.717) is 64.2 Å². The first-order chi connectivity index (χ1) is 26.0. The highest BCUT2D eigenvalue weighted by molar-refractivity contribution is 5.90. The van der Waals surface area contributed by atoms with Crippen LogP contribution in [0.3, 0.4) is 0 Å². The summed E-state index contributed by atoms with van der Waals surface area (Å²) in [6, 6.07) is -0.971. The Labute approximate surface area is 328 Å². The molecule has 0 spiro atoms. The van der Waals surface area contributed by atoms with Crippen molar-refractivity contribution in [3.8, 4) is 0 Å². The monoisotopic (exact) mass is 775 g/mol. The van der Waals surface area contributed by atoms with Crippen molar-refractivity contribution in [3.05, 3.63) is 36.0 Å². The van der Waals surface area contributed by atoms with Gasteiger partial charge in [0.1, 0.15) is 24.0 Å². The summed E-state index contributed by atoms with van der Waals surface area (Å²) >= 11 is 0. The van der Waals surface area contributed by atoms with E-state index in [4.69, 9.17) is 18.9 Å². The summed E-state index contributed by atoms with van der Waals surface area (Å²) in [6.07, 6.45) is 5.05. The standard InChI is InChI=1S/C43H69NO11/c1-9-12-30-21-26(3)19-27(4)22-35(47)39-37(53-8)23-29(6)43(51,55-39)40(48)41(49)44-18-11-10-13-32(44)42(50)54-38(28(5)20-25(2)14-16-33(30)45)31-15-17-34(46)36(24-31)52-7/h9,20-21,25,27,29-32,34-39,41,46-47,49,51H,1,10-19,22-24H2,2-8H3/b26-21+,28-20+/t25-,27-,29-,30-,31+,32+,34+,35+,36+,37+,38?,39-,41?,43-/m1/s1. The predicted octanol–water partition coefficient (Wildman–Crippen LogP) is 4.81. The van der Waals surface area contributed by atoms with E-state index in [0.717, 1.165) is 11.1 Å². The van der Waals surface area contributed by atoms with E-state index in [-0.39, 0.29) is 48.8 Å². The molecule has 4 N–H and O–H groups in total. The van der Waals surface area contributed by atoms with Crippen LogP contribution >= 0.6 is 0 Å². The Morgan fingerprint density at radius 2 is 1.64 bits per heavy atom. The van der Waals surface area contributed by atoms with E-state index in [9.17, 15) is 34.8 Å². The van der Waals surface area contributed by atoms with E-state index >= 15 is 0 Å². The van der Waals surface area contributed by atoms with Crippen LogP contribution in [0.1, 0.15) is 112 Å². The number of cyclic esters (lactones) is 1. The molecule has 4 rings (SSSR count). The van der Waals surface area contributed by atoms with Gasteiger partial charge < -0.3 is 39.4 Å². The molecule has 0 radical (unpaired) electrons. The lowest BCUT2D eigenvalue weighted by atomic mass is 9.79. The van der Waals surface area contributed by atoms with Crippen molar-refractivity contribution >= 4 is 17.5 Å². The van der Waals surface area contributed by atoms with Gasteiger partial charge in [0.05, 0.1) is 24.4 Å². The molecule has 3 fully saturated rings. The number of hydrogen-bond acceptors (Lipinski definition) is 12. The lowest BCUT2D eigenvalue weighted by molar-refractivity contribution is -0.307. The topological polar surface area (TPSA) is 172 Å². The van der Waals surface area contributed by atoms with E-state index in [2.05, 4.69) is 12.7 Å². The van der Waals surface area contributed by atoms with Crippen molar-refractivity contribution in [2.24, 2.45) is 29.6 Å². The summed E-state index contributed by atoms with van der Waals surface area (Å²) in [4.78, 5) is 43.5. The first-order valence-electron chi connectivity index (χ1n) is 20.5. The van der Waals surface area contributed by atoms with E-state index in [1.165, 1.54) is 12.0 Å². The van der Waals surface area contributed by atoms with Crippen molar-refractivity contribution in [2.45, 2.75) is 166 Å². The summed E-state index contributed by atoms with van der Waals surface area (Å²) in [5.41, 5.74) is 1.83. The van der Waals surface area contributed by atoms with Crippen LogP contribution in [0.2, 0.25) is 0 Å². The van der Waals surface area contributed by atoms with Gasteiger partial charge in [-0.15, -0.1) is 6.58 Å². The third-order valence-corrected chi connectivity index (χ3v) is 12.6. The third-order valence-electron chi connectivity index (χ3n) is 12.6. The number of esters is 1. The molecule has 4 aliphatic rings. The van der Waals surface area contributed by atoms with Crippen LogP contribution in [0, 0.1) is 29.6 Å². The molecule has 2 saturated heterocycles. The van der Waals surface area contributed by atoms with Gasteiger partial charge in [0.15, 0.2) is 6.23 Å². The van der Waals surface area contributed by atoms with Crippen LogP contribution in [0.15, 0.2) is 36.0 Å². The Kier molecular flexibility index (Phi) is 16.9. The van der Waals surface area contributed by atoms with Crippen molar-refractivity contribution in [1.29, 1.82) is 0 Å². The Morgan fingerprint density at radius 3 is 2.31 bits per heavy atom. The molecular weight excluding hydrogens is 706 g/mol. The fraction of sp³-hybridized carbons (Fsp3) is 0.791. The van der Waals surface area contributed by atoms with Gasteiger partial charge in [-0.2, -0.15) is 0 Å². The maximum absolute atomic E-state index is 14.3. The molecule has 12 nitrogen and oxygen atoms in total. The molecule has 1 aliphatic carbocycles. The molecule has 0 amide bonds. The molecule has 0 aromatic rings. The minimum absolute atomic E-state index is 0.0150.